The highest BCUT2D eigenvalue weighted by molar-refractivity contribution is 5.00. The fraction of sp³-hybridized carbons (Fsp3) is 1.00. The molecule has 2 aliphatic carbocycles. The Kier molecular flexibility index (Phi) is 3.82. The van der Waals surface area contributed by atoms with Crippen LogP contribution < -0.4 is 0 Å². The Morgan fingerprint density at radius 1 is 0.952 bits per heavy atom. The van der Waals surface area contributed by atoms with E-state index in [-0.39, 0.29) is 0 Å². The molecule has 4 aliphatic rings. The SMILES string of the molecule is CC(C)C1CN2CCCC2CN1C(C)C1CC2CCC1C2. The minimum Gasteiger partial charge on any atom is -0.298 e. The molecule has 2 nitrogen and oxygen atoms in total. The summed E-state index contributed by atoms with van der Waals surface area (Å²) in [7, 11) is 0. The molecule has 2 bridgehead atoms. The average molecular weight is 290 g/mol. The number of piperazine rings is 1. The molecule has 0 amide bonds. The smallest absolute Gasteiger partial charge is 0.0249 e. The molecule has 2 heteroatoms. The van der Waals surface area contributed by atoms with Crippen LogP contribution in [0.1, 0.15) is 59.3 Å². The molecular formula is C19H34N2. The Bertz CT molecular complexity index is 380. The summed E-state index contributed by atoms with van der Waals surface area (Å²) in [6.07, 6.45) is 9.07. The van der Waals surface area contributed by atoms with E-state index >= 15 is 0 Å². The van der Waals surface area contributed by atoms with Crippen LogP contribution in [-0.2, 0) is 0 Å². The van der Waals surface area contributed by atoms with Crippen molar-refractivity contribution in [3.8, 4) is 0 Å². The zero-order valence-corrected chi connectivity index (χ0v) is 14.3. The van der Waals surface area contributed by atoms with E-state index in [0.29, 0.717) is 0 Å². The Labute approximate surface area is 131 Å². The van der Waals surface area contributed by atoms with Gasteiger partial charge in [0.1, 0.15) is 0 Å². The van der Waals surface area contributed by atoms with Crippen LogP contribution in [0.25, 0.3) is 0 Å². The summed E-state index contributed by atoms with van der Waals surface area (Å²) in [5, 5.41) is 0. The molecule has 4 rings (SSSR count). The lowest BCUT2D eigenvalue weighted by molar-refractivity contribution is -0.0194. The number of rotatable bonds is 3. The van der Waals surface area contributed by atoms with Crippen molar-refractivity contribution in [2.75, 3.05) is 19.6 Å². The van der Waals surface area contributed by atoms with Crippen molar-refractivity contribution in [2.45, 2.75) is 77.4 Å². The quantitative estimate of drug-likeness (QED) is 0.783. The summed E-state index contributed by atoms with van der Waals surface area (Å²) in [5.74, 6) is 3.97. The van der Waals surface area contributed by atoms with Gasteiger partial charge in [-0.05, 0) is 69.2 Å². The first-order valence-corrected chi connectivity index (χ1v) is 9.63. The van der Waals surface area contributed by atoms with Gasteiger partial charge < -0.3 is 0 Å². The number of hydrogen-bond acceptors (Lipinski definition) is 2. The highest BCUT2D eigenvalue weighted by Crippen LogP contribution is 2.51. The molecule has 0 spiro atoms. The maximum atomic E-state index is 2.96. The van der Waals surface area contributed by atoms with E-state index < -0.39 is 0 Å². The van der Waals surface area contributed by atoms with Gasteiger partial charge in [0.05, 0.1) is 0 Å². The lowest BCUT2D eigenvalue weighted by Gasteiger charge is -2.50. The van der Waals surface area contributed by atoms with Crippen LogP contribution in [0.4, 0.5) is 0 Å². The van der Waals surface area contributed by atoms with E-state index in [9.17, 15) is 0 Å². The van der Waals surface area contributed by atoms with Crippen LogP contribution in [0.15, 0.2) is 0 Å². The van der Waals surface area contributed by atoms with Crippen LogP contribution in [0.5, 0.6) is 0 Å². The van der Waals surface area contributed by atoms with Gasteiger partial charge in [-0.3, -0.25) is 9.80 Å². The van der Waals surface area contributed by atoms with Crippen molar-refractivity contribution < 1.29 is 0 Å². The third-order valence-electron chi connectivity index (χ3n) is 7.47. The first-order chi connectivity index (χ1) is 10.1. The average Bonchev–Trinajstić information content (AvgIpc) is 3.20. The molecular weight excluding hydrogens is 256 g/mol. The number of nitrogens with zero attached hydrogens (tertiary/aromatic N) is 2. The molecule has 0 aromatic carbocycles. The summed E-state index contributed by atoms with van der Waals surface area (Å²) in [5.41, 5.74) is 0. The van der Waals surface area contributed by atoms with Crippen molar-refractivity contribution in [1.29, 1.82) is 0 Å². The van der Waals surface area contributed by atoms with Crippen molar-refractivity contribution in [3.05, 3.63) is 0 Å². The largest absolute Gasteiger partial charge is 0.298 e. The fourth-order valence-electron chi connectivity index (χ4n) is 6.26. The highest BCUT2D eigenvalue weighted by atomic mass is 15.3. The summed E-state index contributed by atoms with van der Waals surface area (Å²) in [4.78, 5) is 5.76. The lowest BCUT2D eigenvalue weighted by atomic mass is 9.81. The first-order valence-electron chi connectivity index (χ1n) is 9.63. The predicted molar refractivity (Wildman–Crippen MR) is 88.3 cm³/mol. The zero-order chi connectivity index (χ0) is 14.6. The van der Waals surface area contributed by atoms with Gasteiger partial charge in [-0.25, -0.2) is 0 Å². The van der Waals surface area contributed by atoms with Crippen LogP contribution in [0.2, 0.25) is 0 Å². The van der Waals surface area contributed by atoms with Crippen LogP contribution in [-0.4, -0.2) is 47.6 Å². The minimum atomic E-state index is 0.799. The van der Waals surface area contributed by atoms with Crippen molar-refractivity contribution in [1.82, 2.24) is 9.80 Å². The van der Waals surface area contributed by atoms with Gasteiger partial charge in [-0.2, -0.15) is 0 Å². The predicted octanol–water partition coefficient (Wildman–Crippen LogP) is 3.62. The molecule has 0 aromatic heterocycles. The lowest BCUT2D eigenvalue weighted by Crippen LogP contribution is -2.61. The molecule has 21 heavy (non-hydrogen) atoms. The normalized spacial score (nSPS) is 45.4. The molecule has 6 atom stereocenters. The molecule has 0 radical (unpaired) electrons. The van der Waals surface area contributed by atoms with E-state index in [0.717, 1.165) is 41.8 Å². The van der Waals surface area contributed by atoms with Gasteiger partial charge in [0.15, 0.2) is 0 Å². The van der Waals surface area contributed by atoms with Crippen LogP contribution in [0, 0.1) is 23.7 Å². The van der Waals surface area contributed by atoms with Crippen molar-refractivity contribution in [3.63, 3.8) is 0 Å². The van der Waals surface area contributed by atoms with E-state index in [1.165, 1.54) is 45.3 Å². The van der Waals surface area contributed by atoms with Gasteiger partial charge in [0, 0.05) is 31.2 Å². The Balaban J connectivity index is 1.50. The first kappa shape index (κ1) is 14.5. The fourth-order valence-corrected chi connectivity index (χ4v) is 6.26. The van der Waals surface area contributed by atoms with E-state index in [2.05, 4.69) is 30.6 Å². The minimum absolute atomic E-state index is 0.799. The van der Waals surface area contributed by atoms with Gasteiger partial charge in [-0.15, -0.1) is 0 Å². The second-order valence-corrected chi connectivity index (χ2v) is 8.88. The molecule has 2 heterocycles. The van der Waals surface area contributed by atoms with Gasteiger partial charge >= 0.3 is 0 Å². The van der Waals surface area contributed by atoms with Crippen LogP contribution in [0.3, 0.4) is 0 Å². The van der Waals surface area contributed by atoms with E-state index in [4.69, 9.17) is 0 Å². The zero-order valence-electron chi connectivity index (χ0n) is 14.3. The molecule has 120 valence electrons. The Morgan fingerprint density at radius 3 is 2.48 bits per heavy atom. The summed E-state index contributed by atoms with van der Waals surface area (Å²) >= 11 is 0. The third-order valence-corrected chi connectivity index (χ3v) is 7.47. The Hall–Kier alpha value is -0.0800. The summed E-state index contributed by atoms with van der Waals surface area (Å²) < 4.78 is 0. The molecule has 2 aliphatic heterocycles. The standard InChI is InChI=1S/C19H34N2/c1-13(2)19-12-20-8-4-5-17(20)11-21(19)14(3)18-10-15-6-7-16(18)9-15/h13-19H,4-12H2,1-3H3. The molecule has 0 aromatic rings. The van der Waals surface area contributed by atoms with E-state index in [1.807, 2.05) is 0 Å². The summed E-state index contributed by atoms with van der Waals surface area (Å²) in [6, 6.07) is 2.50. The molecule has 4 fully saturated rings. The molecule has 2 saturated heterocycles. The second kappa shape index (κ2) is 5.53. The monoisotopic (exact) mass is 290 g/mol. The summed E-state index contributed by atoms with van der Waals surface area (Å²) in [6.45, 7) is 11.5. The number of fused-ring (bicyclic) bond motifs is 3. The molecule has 0 N–H and O–H groups in total. The van der Waals surface area contributed by atoms with Crippen molar-refractivity contribution in [2.24, 2.45) is 23.7 Å². The van der Waals surface area contributed by atoms with Crippen LogP contribution >= 0.6 is 0 Å². The maximum absolute atomic E-state index is 2.96. The van der Waals surface area contributed by atoms with Gasteiger partial charge in [0.2, 0.25) is 0 Å². The maximum Gasteiger partial charge on any atom is 0.0249 e. The Morgan fingerprint density at radius 2 is 1.81 bits per heavy atom. The van der Waals surface area contributed by atoms with Crippen molar-refractivity contribution >= 4 is 0 Å². The van der Waals surface area contributed by atoms with Gasteiger partial charge in [0.25, 0.3) is 0 Å². The highest BCUT2D eigenvalue weighted by Gasteiger charge is 2.46. The van der Waals surface area contributed by atoms with E-state index in [1.54, 1.807) is 12.8 Å². The number of hydrogen-bond donors (Lipinski definition) is 0. The third kappa shape index (κ3) is 2.47. The topological polar surface area (TPSA) is 6.48 Å². The molecule has 6 unspecified atom stereocenters. The van der Waals surface area contributed by atoms with Gasteiger partial charge in [-0.1, -0.05) is 20.3 Å². The molecule has 2 saturated carbocycles. The second-order valence-electron chi connectivity index (χ2n) is 8.88.